The van der Waals surface area contributed by atoms with Crippen LogP contribution in [0.3, 0.4) is 0 Å². The number of amides is 1. The Morgan fingerprint density at radius 2 is 1.86 bits per heavy atom. The van der Waals surface area contributed by atoms with Crippen molar-refractivity contribution in [3.05, 3.63) is 49.1 Å². The molecule has 0 spiro atoms. The van der Waals surface area contributed by atoms with Gasteiger partial charge in [0.15, 0.2) is 11.5 Å². The molecule has 1 rings (SSSR count). The molecular formula is C17H23NO3. The SMILES string of the molecule is C=CCN(CC=C)C(=O)c1ccc(OC(C)C)c(OC)c1. The second kappa shape index (κ2) is 8.15. The van der Waals surface area contributed by atoms with Gasteiger partial charge in [0.25, 0.3) is 5.91 Å². The Balaban J connectivity index is 3.04. The molecule has 114 valence electrons. The third-order valence-electron chi connectivity index (χ3n) is 2.76. The zero-order chi connectivity index (χ0) is 15.8. The lowest BCUT2D eigenvalue weighted by Crippen LogP contribution is -2.31. The van der Waals surface area contributed by atoms with Gasteiger partial charge in [-0.3, -0.25) is 4.79 Å². The van der Waals surface area contributed by atoms with Gasteiger partial charge in [-0.25, -0.2) is 0 Å². The summed E-state index contributed by atoms with van der Waals surface area (Å²) in [6.45, 7) is 12.1. The number of nitrogens with zero attached hydrogens (tertiary/aromatic N) is 1. The summed E-state index contributed by atoms with van der Waals surface area (Å²) in [6, 6.07) is 5.19. The Hall–Kier alpha value is -2.23. The summed E-state index contributed by atoms with van der Waals surface area (Å²) in [5.41, 5.74) is 0.548. The molecule has 0 bridgehead atoms. The predicted molar refractivity (Wildman–Crippen MR) is 85.1 cm³/mol. The van der Waals surface area contributed by atoms with E-state index in [9.17, 15) is 4.79 Å². The smallest absolute Gasteiger partial charge is 0.254 e. The number of methoxy groups -OCH3 is 1. The van der Waals surface area contributed by atoms with Crippen LogP contribution in [-0.4, -0.2) is 37.1 Å². The molecule has 0 aliphatic carbocycles. The maximum Gasteiger partial charge on any atom is 0.254 e. The lowest BCUT2D eigenvalue weighted by Gasteiger charge is -2.20. The monoisotopic (exact) mass is 289 g/mol. The normalized spacial score (nSPS) is 10.1. The largest absolute Gasteiger partial charge is 0.493 e. The van der Waals surface area contributed by atoms with E-state index in [0.717, 1.165) is 0 Å². The molecule has 1 amide bonds. The van der Waals surface area contributed by atoms with Crippen LogP contribution < -0.4 is 9.47 Å². The molecule has 0 aromatic heterocycles. The van der Waals surface area contributed by atoms with Crippen molar-refractivity contribution >= 4 is 5.91 Å². The van der Waals surface area contributed by atoms with E-state index in [0.29, 0.717) is 30.2 Å². The Morgan fingerprint density at radius 1 is 1.24 bits per heavy atom. The molecule has 4 heteroatoms. The van der Waals surface area contributed by atoms with Crippen LogP contribution in [0.5, 0.6) is 11.5 Å². The molecular weight excluding hydrogens is 266 g/mol. The van der Waals surface area contributed by atoms with Crippen LogP contribution in [0.15, 0.2) is 43.5 Å². The second-order valence-corrected chi connectivity index (χ2v) is 4.82. The highest BCUT2D eigenvalue weighted by Gasteiger charge is 2.16. The van der Waals surface area contributed by atoms with Crippen LogP contribution >= 0.6 is 0 Å². The summed E-state index contributed by atoms with van der Waals surface area (Å²) in [5, 5.41) is 0. The van der Waals surface area contributed by atoms with E-state index in [1.807, 2.05) is 13.8 Å². The van der Waals surface area contributed by atoms with E-state index in [1.165, 1.54) is 0 Å². The van der Waals surface area contributed by atoms with Crippen molar-refractivity contribution in [1.29, 1.82) is 0 Å². The van der Waals surface area contributed by atoms with Crippen molar-refractivity contribution in [2.45, 2.75) is 20.0 Å². The maximum absolute atomic E-state index is 12.5. The van der Waals surface area contributed by atoms with Gasteiger partial charge in [0.2, 0.25) is 0 Å². The lowest BCUT2D eigenvalue weighted by molar-refractivity contribution is 0.0790. The summed E-state index contributed by atoms with van der Waals surface area (Å²) in [7, 11) is 1.56. The van der Waals surface area contributed by atoms with E-state index in [1.54, 1.807) is 42.4 Å². The quantitative estimate of drug-likeness (QED) is 0.689. The van der Waals surface area contributed by atoms with Gasteiger partial charge < -0.3 is 14.4 Å². The zero-order valence-electron chi connectivity index (χ0n) is 13.0. The van der Waals surface area contributed by atoms with Crippen molar-refractivity contribution in [2.24, 2.45) is 0 Å². The average Bonchev–Trinajstić information content (AvgIpc) is 2.46. The molecule has 0 aliphatic rings. The minimum atomic E-state index is -0.0933. The number of rotatable bonds is 8. The number of hydrogen-bond donors (Lipinski definition) is 0. The van der Waals surface area contributed by atoms with E-state index < -0.39 is 0 Å². The molecule has 1 aromatic carbocycles. The van der Waals surface area contributed by atoms with Gasteiger partial charge in [0, 0.05) is 18.7 Å². The molecule has 0 saturated heterocycles. The maximum atomic E-state index is 12.5. The fraction of sp³-hybridized carbons (Fsp3) is 0.353. The molecule has 0 aliphatic heterocycles. The van der Waals surface area contributed by atoms with Crippen molar-refractivity contribution < 1.29 is 14.3 Å². The molecule has 4 nitrogen and oxygen atoms in total. The second-order valence-electron chi connectivity index (χ2n) is 4.82. The fourth-order valence-electron chi connectivity index (χ4n) is 1.89. The molecule has 0 atom stereocenters. The van der Waals surface area contributed by atoms with Crippen LogP contribution in [0.1, 0.15) is 24.2 Å². The van der Waals surface area contributed by atoms with Gasteiger partial charge in [-0.1, -0.05) is 12.2 Å². The van der Waals surface area contributed by atoms with E-state index in [2.05, 4.69) is 13.2 Å². The highest BCUT2D eigenvalue weighted by atomic mass is 16.5. The molecule has 1 aromatic rings. The Morgan fingerprint density at radius 3 is 2.33 bits per heavy atom. The van der Waals surface area contributed by atoms with Gasteiger partial charge in [-0.15, -0.1) is 13.2 Å². The molecule has 0 saturated carbocycles. The van der Waals surface area contributed by atoms with E-state index >= 15 is 0 Å². The molecule has 0 unspecified atom stereocenters. The van der Waals surface area contributed by atoms with E-state index in [-0.39, 0.29) is 12.0 Å². The number of carbonyl (C=O) groups excluding carboxylic acids is 1. The molecule has 0 radical (unpaired) electrons. The minimum Gasteiger partial charge on any atom is -0.493 e. The number of ether oxygens (including phenoxy) is 2. The molecule has 0 N–H and O–H groups in total. The topological polar surface area (TPSA) is 38.8 Å². The molecule has 0 heterocycles. The first kappa shape index (κ1) is 16.8. The third-order valence-corrected chi connectivity index (χ3v) is 2.76. The number of carbonyl (C=O) groups is 1. The van der Waals surface area contributed by atoms with Gasteiger partial charge in [-0.05, 0) is 32.0 Å². The first-order valence-electron chi connectivity index (χ1n) is 6.89. The van der Waals surface area contributed by atoms with Gasteiger partial charge in [0.1, 0.15) is 0 Å². The van der Waals surface area contributed by atoms with Gasteiger partial charge >= 0.3 is 0 Å². The van der Waals surface area contributed by atoms with Crippen LogP contribution in [0, 0.1) is 0 Å². The fourth-order valence-corrected chi connectivity index (χ4v) is 1.89. The van der Waals surface area contributed by atoms with Gasteiger partial charge in [0.05, 0.1) is 13.2 Å². The summed E-state index contributed by atoms with van der Waals surface area (Å²) < 4.78 is 10.9. The van der Waals surface area contributed by atoms with Crippen LogP contribution in [0.4, 0.5) is 0 Å². The van der Waals surface area contributed by atoms with E-state index in [4.69, 9.17) is 9.47 Å². The summed E-state index contributed by atoms with van der Waals surface area (Å²) in [4.78, 5) is 14.1. The predicted octanol–water partition coefficient (Wildman–Crippen LogP) is 3.30. The van der Waals surface area contributed by atoms with Crippen LogP contribution in [0.2, 0.25) is 0 Å². The van der Waals surface area contributed by atoms with Gasteiger partial charge in [-0.2, -0.15) is 0 Å². The lowest BCUT2D eigenvalue weighted by atomic mass is 10.1. The van der Waals surface area contributed by atoms with Crippen molar-refractivity contribution in [3.63, 3.8) is 0 Å². The number of benzene rings is 1. The molecule has 21 heavy (non-hydrogen) atoms. The Bertz CT molecular complexity index is 499. The summed E-state index contributed by atoms with van der Waals surface area (Å²) in [6.07, 6.45) is 3.42. The average molecular weight is 289 g/mol. The summed E-state index contributed by atoms with van der Waals surface area (Å²) in [5.74, 6) is 1.08. The Kier molecular flexibility index (Phi) is 6.53. The number of hydrogen-bond acceptors (Lipinski definition) is 3. The summed E-state index contributed by atoms with van der Waals surface area (Å²) >= 11 is 0. The molecule has 0 fully saturated rings. The highest BCUT2D eigenvalue weighted by Crippen LogP contribution is 2.29. The van der Waals surface area contributed by atoms with Crippen LogP contribution in [0.25, 0.3) is 0 Å². The zero-order valence-corrected chi connectivity index (χ0v) is 13.0. The third kappa shape index (κ3) is 4.67. The van der Waals surface area contributed by atoms with Crippen molar-refractivity contribution in [1.82, 2.24) is 4.90 Å². The first-order chi connectivity index (χ1) is 10.0. The van der Waals surface area contributed by atoms with Crippen molar-refractivity contribution in [3.8, 4) is 11.5 Å². The Labute approximate surface area is 126 Å². The standard InChI is InChI=1S/C17H23NO3/c1-6-10-18(11-7-2)17(19)14-8-9-15(21-13(3)4)16(12-14)20-5/h6-9,12-13H,1-2,10-11H2,3-5H3. The first-order valence-corrected chi connectivity index (χ1v) is 6.89. The van der Waals surface area contributed by atoms with Crippen molar-refractivity contribution in [2.75, 3.05) is 20.2 Å². The highest BCUT2D eigenvalue weighted by molar-refractivity contribution is 5.95. The van der Waals surface area contributed by atoms with Crippen LogP contribution in [-0.2, 0) is 0 Å². The minimum absolute atomic E-state index is 0.0403.